The van der Waals surface area contributed by atoms with Crippen molar-refractivity contribution in [2.24, 2.45) is 5.92 Å². The van der Waals surface area contributed by atoms with E-state index in [1.165, 1.54) is 5.56 Å². The predicted octanol–water partition coefficient (Wildman–Crippen LogP) is 3.91. The van der Waals surface area contributed by atoms with E-state index < -0.39 is 17.9 Å². The lowest BCUT2D eigenvalue weighted by molar-refractivity contribution is -0.154. The van der Waals surface area contributed by atoms with E-state index in [2.05, 4.69) is 24.3 Å². The number of carboxylic acid groups (broad SMARTS) is 1. The molecule has 2 N–H and O–H groups in total. The van der Waals surface area contributed by atoms with E-state index in [0.29, 0.717) is 13.0 Å². The van der Waals surface area contributed by atoms with Gasteiger partial charge < -0.3 is 14.6 Å². The fourth-order valence-corrected chi connectivity index (χ4v) is 4.87. The van der Waals surface area contributed by atoms with Gasteiger partial charge in [0.2, 0.25) is 11.5 Å². The van der Waals surface area contributed by atoms with Crippen LogP contribution in [0.4, 0.5) is 0 Å². The number of carboxylic acids is 1. The number of likely N-dealkylation sites (tertiary alicyclic amines) is 1. The van der Waals surface area contributed by atoms with Crippen molar-refractivity contribution in [1.29, 1.82) is 5.41 Å². The highest BCUT2D eigenvalue weighted by Crippen LogP contribution is 2.27. The summed E-state index contributed by atoms with van der Waals surface area (Å²) in [6.07, 6.45) is 0.419. The van der Waals surface area contributed by atoms with E-state index in [0.717, 1.165) is 27.7 Å². The summed E-state index contributed by atoms with van der Waals surface area (Å²) in [6, 6.07) is 23.5. The number of nitrogens with one attached hydrogen (secondary N) is 1. The summed E-state index contributed by atoms with van der Waals surface area (Å²) in [6.45, 7) is 4.99. The van der Waals surface area contributed by atoms with Crippen molar-refractivity contribution < 1.29 is 14.7 Å². The summed E-state index contributed by atoms with van der Waals surface area (Å²) < 4.78 is 3.76. The van der Waals surface area contributed by atoms with Gasteiger partial charge in [-0.25, -0.2) is 0 Å². The molecular weight excluding hydrogens is 452 g/mol. The number of aromatic nitrogens is 2. The van der Waals surface area contributed by atoms with Crippen LogP contribution in [0.2, 0.25) is 0 Å². The molecule has 1 saturated heterocycles. The van der Waals surface area contributed by atoms with Crippen molar-refractivity contribution >= 4 is 22.9 Å². The summed E-state index contributed by atoms with van der Waals surface area (Å²) >= 11 is 0. The number of carbonyl (C=O) groups excluding carboxylic acids is 1. The lowest BCUT2D eigenvalue weighted by Crippen LogP contribution is -2.55. The van der Waals surface area contributed by atoms with Crippen molar-refractivity contribution in [3.05, 3.63) is 101 Å². The summed E-state index contributed by atoms with van der Waals surface area (Å²) in [7, 11) is 0. The number of amides is 1. The van der Waals surface area contributed by atoms with Crippen molar-refractivity contribution in [3.63, 3.8) is 0 Å². The molecule has 184 valence electrons. The highest BCUT2D eigenvalue weighted by Gasteiger charge is 2.39. The van der Waals surface area contributed by atoms with Crippen LogP contribution in [0.15, 0.2) is 72.8 Å². The standard InChI is InChI=1S/C29H30N4O3/c1-19-7-11-21(12-8-19)15-26(27(34)31-17-23(18-31)28(35)36)33-25-6-4-3-5-24(25)32(29(33)30)16-22-13-9-20(2)10-14-22/h3-14,23,26,30H,15-18H2,1-2H3,(H,35,36). The van der Waals surface area contributed by atoms with Crippen LogP contribution in [0.25, 0.3) is 11.0 Å². The number of rotatable bonds is 7. The smallest absolute Gasteiger partial charge is 0.310 e. The maximum absolute atomic E-state index is 13.8. The first-order chi connectivity index (χ1) is 17.3. The van der Waals surface area contributed by atoms with Crippen LogP contribution in [-0.4, -0.2) is 44.1 Å². The molecule has 7 heteroatoms. The fourth-order valence-electron chi connectivity index (χ4n) is 4.87. The van der Waals surface area contributed by atoms with Crippen molar-refractivity contribution in [3.8, 4) is 0 Å². The second-order valence-corrected chi connectivity index (χ2v) is 9.74. The quantitative estimate of drug-likeness (QED) is 0.418. The Balaban J connectivity index is 1.59. The minimum absolute atomic E-state index is 0.148. The van der Waals surface area contributed by atoms with Gasteiger partial charge in [0.05, 0.1) is 23.5 Å². The van der Waals surface area contributed by atoms with Gasteiger partial charge >= 0.3 is 5.97 Å². The minimum atomic E-state index is -0.877. The fraction of sp³-hybridized carbons (Fsp3) is 0.276. The summed E-state index contributed by atoms with van der Waals surface area (Å²) in [5.41, 5.74) is 6.34. The zero-order valence-electron chi connectivity index (χ0n) is 20.5. The third-order valence-electron chi connectivity index (χ3n) is 7.07. The van der Waals surface area contributed by atoms with Gasteiger partial charge in [-0.1, -0.05) is 71.8 Å². The third-order valence-corrected chi connectivity index (χ3v) is 7.07. The van der Waals surface area contributed by atoms with E-state index in [1.807, 2.05) is 71.5 Å². The van der Waals surface area contributed by atoms with E-state index in [1.54, 1.807) is 4.90 Å². The molecule has 0 spiro atoms. The Bertz CT molecular complexity index is 1480. The highest BCUT2D eigenvalue weighted by molar-refractivity contribution is 5.86. The van der Waals surface area contributed by atoms with Crippen molar-refractivity contribution in [2.45, 2.75) is 32.9 Å². The molecule has 5 rings (SSSR count). The molecule has 3 aromatic carbocycles. The number of imidazole rings is 1. The molecule has 1 aliphatic rings. The number of hydrogen-bond acceptors (Lipinski definition) is 3. The molecule has 1 aliphatic heterocycles. The maximum Gasteiger partial charge on any atom is 0.310 e. The Labute approximate surface area is 209 Å². The van der Waals surface area contributed by atoms with Crippen LogP contribution >= 0.6 is 0 Å². The average molecular weight is 483 g/mol. The topological polar surface area (TPSA) is 91.3 Å². The van der Waals surface area contributed by atoms with Gasteiger partial charge in [-0.2, -0.15) is 0 Å². The monoisotopic (exact) mass is 482 g/mol. The number of para-hydroxylation sites is 2. The number of hydrogen-bond donors (Lipinski definition) is 2. The molecule has 1 aromatic heterocycles. The zero-order chi connectivity index (χ0) is 25.4. The molecule has 0 radical (unpaired) electrons. The van der Waals surface area contributed by atoms with Crippen LogP contribution < -0.4 is 5.62 Å². The Morgan fingerprint density at radius 3 is 2.03 bits per heavy atom. The third kappa shape index (κ3) is 4.44. The summed E-state index contributed by atoms with van der Waals surface area (Å²) in [4.78, 5) is 26.8. The molecular formula is C29H30N4O3. The average Bonchev–Trinajstić information content (AvgIpc) is 3.10. The Morgan fingerprint density at radius 2 is 1.44 bits per heavy atom. The van der Waals surface area contributed by atoms with Crippen LogP contribution in [0.3, 0.4) is 0 Å². The number of fused-ring (bicyclic) bond motifs is 1. The summed E-state index contributed by atoms with van der Waals surface area (Å²) in [5.74, 6) is -1.56. The molecule has 0 saturated carbocycles. The molecule has 1 atom stereocenters. The number of benzene rings is 3. The molecule has 7 nitrogen and oxygen atoms in total. The molecule has 1 fully saturated rings. The van der Waals surface area contributed by atoms with Gasteiger partial charge in [-0.15, -0.1) is 0 Å². The number of carbonyl (C=O) groups is 2. The van der Waals surface area contributed by atoms with E-state index >= 15 is 0 Å². The molecule has 1 amide bonds. The molecule has 4 aromatic rings. The number of nitrogens with zero attached hydrogens (tertiary/aromatic N) is 3. The number of aryl methyl sites for hydroxylation is 2. The number of aliphatic carboxylic acids is 1. The van der Waals surface area contributed by atoms with Crippen LogP contribution in [-0.2, 0) is 22.6 Å². The van der Waals surface area contributed by atoms with Gasteiger partial charge in [0.15, 0.2) is 0 Å². The lowest BCUT2D eigenvalue weighted by atomic mass is 9.97. The molecule has 2 heterocycles. The summed E-state index contributed by atoms with van der Waals surface area (Å²) in [5, 5.41) is 18.5. The van der Waals surface area contributed by atoms with Gasteiger partial charge in [0.25, 0.3) is 0 Å². The van der Waals surface area contributed by atoms with Gasteiger partial charge in [-0.3, -0.25) is 19.6 Å². The SMILES string of the molecule is Cc1ccc(CC(C(=O)N2CC(C(=O)O)C2)n2c(=N)n(Cc3ccc(C)cc3)c3ccccc32)cc1. The zero-order valence-corrected chi connectivity index (χ0v) is 20.5. The van der Waals surface area contributed by atoms with E-state index in [-0.39, 0.29) is 24.6 Å². The van der Waals surface area contributed by atoms with Crippen molar-refractivity contribution in [2.75, 3.05) is 13.1 Å². The van der Waals surface area contributed by atoms with Crippen LogP contribution in [0.1, 0.15) is 28.3 Å². The van der Waals surface area contributed by atoms with Gasteiger partial charge in [0, 0.05) is 19.5 Å². The first-order valence-electron chi connectivity index (χ1n) is 12.2. The predicted molar refractivity (Wildman–Crippen MR) is 138 cm³/mol. The maximum atomic E-state index is 13.8. The Morgan fingerprint density at radius 1 is 0.889 bits per heavy atom. The highest BCUT2D eigenvalue weighted by atomic mass is 16.4. The molecule has 0 aliphatic carbocycles. The van der Waals surface area contributed by atoms with Crippen LogP contribution in [0, 0.1) is 25.2 Å². The minimum Gasteiger partial charge on any atom is -0.481 e. The Hall–Kier alpha value is -4.13. The first-order valence-corrected chi connectivity index (χ1v) is 12.2. The molecule has 1 unspecified atom stereocenters. The van der Waals surface area contributed by atoms with E-state index in [4.69, 9.17) is 0 Å². The second kappa shape index (κ2) is 9.49. The van der Waals surface area contributed by atoms with Crippen molar-refractivity contribution in [1.82, 2.24) is 14.0 Å². The lowest BCUT2D eigenvalue weighted by Gasteiger charge is -2.39. The Kier molecular flexibility index (Phi) is 6.22. The van der Waals surface area contributed by atoms with E-state index in [9.17, 15) is 20.1 Å². The second-order valence-electron chi connectivity index (χ2n) is 9.74. The first kappa shape index (κ1) is 23.6. The molecule has 36 heavy (non-hydrogen) atoms. The van der Waals surface area contributed by atoms with Crippen LogP contribution in [0.5, 0.6) is 0 Å². The normalized spacial score (nSPS) is 14.6. The molecule has 0 bridgehead atoms. The van der Waals surface area contributed by atoms with Gasteiger partial charge in [-0.05, 0) is 37.1 Å². The van der Waals surface area contributed by atoms with Gasteiger partial charge in [0.1, 0.15) is 6.04 Å². The largest absolute Gasteiger partial charge is 0.481 e.